The van der Waals surface area contributed by atoms with E-state index in [-0.39, 0.29) is 48.1 Å². The van der Waals surface area contributed by atoms with E-state index in [1.807, 2.05) is 0 Å². The molecule has 5 aliphatic rings. The quantitative estimate of drug-likeness (QED) is 0.472. The van der Waals surface area contributed by atoms with Gasteiger partial charge in [0.2, 0.25) is 0 Å². The summed E-state index contributed by atoms with van der Waals surface area (Å²) in [4.78, 5) is 23.0. The van der Waals surface area contributed by atoms with E-state index in [4.69, 9.17) is 4.99 Å². The Morgan fingerprint density at radius 3 is 2.46 bits per heavy atom. The van der Waals surface area contributed by atoms with Crippen LogP contribution in [0.15, 0.2) is 52.8 Å². The van der Waals surface area contributed by atoms with Gasteiger partial charge in [-0.2, -0.15) is 5.01 Å². The fraction of sp³-hybridized carbons (Fsp3) is 0.576. The van der Waals surface area contributed by atoms with Crippen LogP contribution in [0.1, 0.15) is 73.2 Å². The van der Waals surface area contributed by atoms with E-state index in [0.29, 0.717) is 48.0 Å². The van der Waals surface area contributed by atoms with Crippen LogP contribution >= 0.6 is 0 Å². The number of aromatic nitrogens is 1. The SMILES string of the molecule is C=C[C@H]1N=C2NN(C)C(O)c3c2cc(N2CCS(=O)(=O)CC2)c(=O)n3CCCCCCCN2CC(C2)CC(F)(F)c2cccc1c2. The molecule has 2 aromatic rings. The molecule has 0 saturated carbocycles. The largest absolute Gasteiger partial charge is 0.371 e. The standard InChI is InChI=1S/C33H44F2N6O4S/c1-3-27-24-10-9-11-25(18-24)33(34,35)20-23-21-39(22-23)12-7-5-4-6-8-13-41-29-26(30(36-27)37-38(2)32(29)43)19-28(31(41)42)40-14-16-46(44,45)17-15-40/h3,9-11,18-19,23,27,32,43H,1,4-8,12-17,20-22H2,2H3,(H,36,37)/t27-,32?/m1/s1. The summed E-state index contributed by atoms with van der Waals surface area (Å²) in [7, 11) is -1.53. The number of aliphatic hydroxyl groups is 1. The number of hydrogen-bond acceptors (Lipinski definition) is 9. The number of pyridine rings is 1. The number of rotatable bonds is 2. The lowest BCUT2D eigenvalue weighted by atomic mass is 9.89. The van der Waals surface area contributed by atoms with Crippen molar-refractivity contribution in [1.29, 1.82) is 0 Å². The van der Waals surface area contributed by atoms with Gasteiger partial charge in [-0.1, -0.05) is 43.5 Å². The predicted octanol–water partition coefficient (Wildman–Crippen LogP) is 3.58. The van der Waals surface area contributed by atoms with E-state index >= 15 is 8.78 Å². The van der Waals surface area contributed by atoms with Gasteiger partial charge in [0, 0.05) is 57.3 Å². The molecule has 1 aromatic heterocycles. The van der Waals surface area contributed by atoms with Crippen molar-refractivity contribution in [2.45, 2.75) is 63.3 Å². The molecule has 0 spiro atoms. The van der Waals surface area contributed by atoms with Gasteiger partial charge in [0.05, 0.1) is 23.2 Å². The van der Waals surface area contributed by atoms with E-state index in [1.165, 1.54) is 17.1 Å². The third-order valence-electron chi connectivity index (χ3n) is 9.72. The number of alkyl halides is 2. The van der Waals surface area contributed by atoms with Crippen LogP contribution in [-0.2, 0) is 22.3 Å². The van der Waals surface area contributed by atoms with Gasteiger partial charge < -0.3 is 24.9 Å². The zero-order valence-corrected chi connectivity index (χ0v) is 27.2. The fourth-order valence-corrected chi connectivity index (χ4v) is 8.26. The molecule has 6 heterocycles. The van der Waals surface area contributed by atoms with Crippen LogP contribution < -0.4 is 15.9 Å². The van der Waals surface area contributed by atoms with Crippen LogP contribution in [0.3, 0.4) is 0 Å². The van der Waals surface area contributed by atoms with Crippen LogP contribution in [0, 0.1) is 5.92 Å². The molecule has 2 atom stereocenters. The number of nitrogens with one attached hydrogen (secondary N) is 1. The van der Waals surface area contributed by atoms with Crippen molar-refractivity contribution in [2.75, 3.05) is 56.2 Å². The smallest absolute Gasteiger partial charge is 0.274 e. The maximum absolute atomic E-state index is 15.6. The summed E-state index contributed by atoms with van der Waals surface area (Å²) < 4.78 is 57.1. The lowest BCUT2D eigenvalue weighted by molar-refractivity contribution is -0.0568. The van der Waals surface area contributed by atoms with Gasteiger partial charge in [0.25, 0.3) is 11.5 Å². The van der Waals surface area contributed by atoms with Gasteiger partial charge in [-0.25, -0.2) is 17.2 Å². The van der Waals surface area contributed by atoms with E-state index in [1.54, 1.807) is 40.8 Å². The van der Waals surface area contributed by atoms with Crippen molar-refractivity contribution < 1.29 is 22.3 Å². The number of amidine groups is 1. The number of anilines is 1. The molecule has 2 N–H and O–H groups in total. The molecule has 1 aromatic carbocycles. The monoisotopic (exact) mass is 658 g/mol. The number of sulfone groups is 1. The maximum atomic E-state index is 15.6. The minimum atomic E-state index is -3.18. The molecule has 250 valence electrons. The number of hydrogen-bond donors (Lipinski definition) is 2. The third kappa shape index (κ3) is 6.78. The van der Waals surface area contributed by atoms with Gasteiger partial charge in [-0.05, 0) is 43.0 Å². The van der Waals surface area contributed by atoms with Crippen LogP contribution in [0.25, 0.3) is 0 Å². The van der Waals surface area contributed by atoms with Crippen molar-refractivity contribution in [1.82, 2.24) is 19.9 Å². The Labute approximate surface area is 269 Å². The minimum Gasteiger partial charge on any atom is -0.371 e. The summed E-state index contributed by atoms with van der Waals surface area (Å²) in [6.45, 7) is 6.98. The summed E-state index contributed by atoms with van der Waals surface area (Å²) in [5.74, 6) is -2.78. The lowest BCUT2D eigenvalue weighted by Gasteiger charge is -2.41. The summed E-state index contributed by atoms with van der Waals surface area (Å²) in [6, 6.07) is 7.31. The van der Waals surface area contributed by atoms with Crippen LogP contribution in [-0.4, -0.2) is 85.1 Å². The van der Waals surface area contributed by atoms with E-state index in [9.17, 15) is 18.3 Å². The Kier molecular flexibility index (Phi) is 9.39. The van der Waals surface area contributed by atoms with Crippen molar-refractivity contribution in [3.05, 3.63) is 75.7 Å². The number of aliphatic imine (C=N–C) groups is 1. The van der Waals surface area contributed by atoms with E-state index < -0.39 is 28.0 Å². The van der Waals surface area contributed by atoms with Crippen LogP contribution in [0.4, 0.5) is 14.5 Å². The Bertz CT molecular complexity index is 1640. The molecular formula is C33H44F2N6O4S. The summed E-state index contributed by atoms with van der Waals surface area (Å²) in [5, 5.41) is 12.8. The normalized spacial score (nSPS) is 28.5. The predicted molar refractivity (Wildman–Crippen MR) is 175 cm³/mol. The zero-order chi connectivity index (χ0) is 32.6. The highest BCUT2D eigenvalue weighted by Crippen LogP contribution is 2.39. The van der Waals surface area contributed by atoms with E-state index in [0.717, 1.165) is 38.6 Å². The van der Waals surface area contributed by atoms with Crippen molar-refractivity contribution in [2.24, 2.45) is 10.9 Å². The van der Waals surface area contributed by atoms with E-state index in [2.05, 4.69) is 16.9 Å². The number of fused-ring (bicyclic) bond motifs is 8. The Morgan fingerprint density at radius 2 is 1.74 bits per heavy atom. The highest BCUT2D eigenvalue weighted by Gasteiger charge is 2.40. The average Bonchev–Trinajstić information content (AvgIpc) is 3.00. The van der Waals surface area contributed by atoms with Gasteiger partial charge >= 0.3 is 0 Å². The number of aliphatic hydroxyl groups excluding tert-OH is 1. The Balaban J connectivity index is 1.45. The van der Waals surface area contributed by atoms with Crippen LogP contribution in [0.2, 0.25) is 0 Å². The van der Waals surface area contributed by atoms with Crippen molar-refractivity contribution in [3.63, 3.8) is 0 Å². The molecule has 10 nitrogen and oxygen atoms in total. The molecule has 0 aliphatic carbocycles. The van der Waals surface area contributed by atoms with Crippen molar-refractivity contribution in [3.8, 4) is 0 Å². The second kappa shape index (κ2) is 13.2. The molecule has 5 aliphatic heterocycles. The number of benzene rings is 1. The molecule has 46 heavy (non-hydrogen) atoms. The zero-order valence-electron chi connectivity index (χ0n) is 26.4. The summed E-state index contributed by atoms with van der Waals surface area (Å²) in [5.41, 5.74) is 4.58. The molecule has 7 rings (SSSR count). The first kappa shape index (κ1) is 32.8. The molecular weight excluding hydrogens is 614 g/mol. The molecule has 0 radical (unpaired) electrons. The highest BCUT2D eigenvalue weighted by atomic mass is 32.2. The number of halogens is 2. The molecule has 0 amide bonds. The second-order valence-electron chi connectivity index (χ2n) is 13.1. The van der Waals surface area contributed by atoms with Crippen LogP contribution in [0.5, 0.6) is 0 Å². The van der Waals surface area contributed by atoms with Gasteiger partial charge in [-0.15, -0.1) is 6.58 Å². The first-order valence-electron chi connectivity index (χ1n) is 16.3. The minimum absolute atomic E-state index is 0.0474. The summed E-state index contributed by atoms with van der Waals surface area (Å²) in [6.07, 6.45) is 4.82. The maximum Gasteiger partial charge on any atom is 0.274 e. The number of nitrogens with zero attached hydrogens (tertiary/aromatic N) is 5. The molecule has 2 saturated heterocycles. The Morgan fingerprint density at radius 1 is 1.04 bits per heavy atom. The van der Waals surface area contributed by atoms with Gasteiger partial charge in [-0.3, -0.25) is 9.79 Å². The molecule has 13 heteroatoms. The van der Waals surface area contributed by atoms with Gasteiger partial charge in [0.15, 0.2) is 16.1 Å². The molecule has 2 fully saturated rings. The fourth-order valence-electron chi connectivity index (χ4n) is 7.06. The average molecular weight is 659 g/mol. The lowest BCUT2D eigenvalue weighted by Crippen LogP contribution is -2.51. The third-order valence-corrected chi connectivity index (χ3v) is 11.3. The molecule has 1 unspecified atom stereocenters. The second-order valence-corrected chi connectivity index (χ2v) is 15.4. The first-order valence-corrected chi connectivity index (χ1v) is 18.1. The highest BCUT2D eigenvalue weighted by molar-refractivity contribution is 7.91. The van der Waals surface area contributed by atoms with Crippen molar-refractivity contribution >= 4 is 21.4 Å². The molecule has 8 bridgehead atoms. The topological polar surface area (TPSA) is 110 Å². The Hall–Kier alpha value is -3.13. The summed E-state index contributed by atoms with van der Waals surface area (Å²) >= 11 is 0. The first-order chi connectivity index (χ1) is 22.0. The number of hydrazine groups is 1. The van der Waals surface area contributed by atoms with Gasteiger partial charge in [0.1, 0.15) is 11.5 Å².